The normalized spacial score (nSPS) is 26.7. The zero-order valence-electron chi connectivity index (χ0n) is 9.92. The lowest BCUT2D eigenvalue weighted by molar-refractivity contribution is -0.147. The Bertz CT molecular complexity index is 370. The summed E-state index contributed by atoms with van der Waals surface area (Å²) in [5.74, 6) is -1.47. The minimum absolute atomic E-state index is 0.00366. The molecule has 2 rings (SSSR count). The average molecular weight is 256 g/mol. The molecule has 7 heteroatoms. The highest BCUT2D eigenvalue weighted by molar-refractivity contribution is 5.85. The fraction of sp³-hybridized carbons (Fsp3) is 0.727. The van der Waals surface area contributed by atoms with Crippen LogP contribution in [-0.4, -0.2) is 60.1 Å². The van der Waals surface area contributed by atoms with Gasteiger partial charge in [-0.15, -0.1) is 0 Å². The van der Waals surface area contributed by atoms with Crippen molar-refractivity contribution < 1.29 is 24.2 Å². The molecule has 0 saturated carbocycles. The number of carboxylic acids is 1. The van der Waals surface area contributed by atoms with Crippen molar-refractivity contribution in [3.63, 3.8) is 0 Å². The molecule has 2 atom stereocenters. The van der Waals surface area contributed by atoms with E-state index >= 15 is 0 Å². The summed E-state index contributed by atoms with van der Waals surface area (Å²) < 4.78 is 4.79. The van der Waals surface area contributed by atoms with Crippen LogP contribution in [0.3, 0.4) is 0 Å². The lowest BCUT2D eigenvalue weighted by atomic mass is 9.91. The van der Waals surface area contributed by atoms with Crippen molar-refractivity contribution in [1.29, 1.82) is 0 Å². The van der Waals surface area contributed by atoms with E-state index in [-0.39, 0.29) is 30.4 Å². The van der Waals surface area contributed by atoms with E-state index in [4.69, 9.17) is 9.84 Å². The lowest BCUT2D eigenvalue weighted by Crippen LogP contribution is -2.50. The number of piperidine rings is 1. The Morgan fingerprint density at radius 1 is 1.44 bits per heavy atom. The maximum Gasteiger partial charge on any atom is 0.329 e. The topological polar surface area (TPSA) is 95.9 Å². The number of nitrogens with zero attached hydrogens (tertiary/aromatic N) is 1. The number of amides is 2. The van der Waals surface area contributed by atoms with Gasteiger partial charge in [-0.1, -0.05) is 0 Å². The molecule has 18 heavy (non-hydrogen) atoms. The van der Waals surface area contributed by atoms with Crippen LogP contribution in [0.15, 0.2) is 0 Å². The molecule has 100 valence electrons. The lowest BCUT2D eigenvalue weighted by Gasteiger charge is -2.35. The predicted molar refractivity (Wildman–Crippen MR) is 59.7 cm³/mol. The van der Waals surface area contributed by atoms with E-state index in [1.807, 2.05) is 0 Å². The van der Waals surface area contributed by atoms with Crippen LogP contribution in [0.25, 0.3) is 0 Å². The Morgan fingerprint density at radius 2 is 2.22 bits per heavy atom. The maximum atomic E-state index is 11.9. The summed E-state index contributed by atoms with van der Waals surface area (Å²) in [5, 5.41) is 11.2. The molecular weight excluding hydrogens is 240 g/mol. The minimum Gasteiger partial charge on any atom is -0.480 e. The summed E-state index contributed by atoms with van der Waals surface area (Å²) in [6.45, 7) is 0.355. The van der Waals surface area contributed by atoms with Crippen LogP contribution in [0.1, 0.15) is 12.8 Å². The number of carboxylic acid groups (broad SMARTS) is 1. The van der Waals surface area contributed by atoms with Crippen LogP contribution in [-0.2, 0) is 19.1 Å². The van der Waals surface area contributed by atoms with Gasteiger partial charge in [0.2, 0.25) is 11.8 Å². The molecule has 0 radical (unpaired) electrons. The van der Waals surface area contributed by atoms with Gasteiger partial charge in [0, 0.05) is 13.1 Å². The largest absolute Gasteiger partial charge is 0.480 e. The second-order valence-corrected chi connectivity index (χ2v) is 4.53. The van der Waals surface area contributed by atoms with Gasteiger partial charge in [0.1, 0.15) is 13.2 Å². The van der Waals surface area contributed by atoms with Gasteiger partial charge >= 0.3 is 5.97 Å². The third-order valence-electron chi connectivity index (χ3n) is 3.37. The average Bonchev–Trinajstić information content (AvgIpc) is 2.71. The van der Waals surface area contributed by atoms with E-state index < -0.39 is 12.6 Å². The number of fused-ring (bicyclic) bond motifs is 1. The van der Waals surface area contributed by atoms with E-state index in [9.17, 15) is 14.4 Å². The summed E-state index contributed by atoms with van der Waals surface area (Å²) in [6, 6.07) is -0.104. The van der Waals surface area contributed by atoms with Gasteiger partial charge in [0.15, 0.2) is 0 Å². The maximum absolute atomic E-state index is 11.9. The Kier molecular flexibility index (Phi) is 3.81. The minimum atomic E-state index is -1.10. The summed E-state index contributed by atoms with van der Waals surface area (Å²) in [7, 11) is 0. The quantitative estimate of drug-likeness (QED) is 0.660. The molecule has 0 aromatic carbocycles. The Morgan fingerprint density at radius 3 is 2.94 bits per heavy atom. The Hall–Kier alpha value is -1.63. The molecule has 2 aliphatic heterocycles. The summed E-state index contributed by atoms with van der Waals surface area (Å²) in [5.41, 5.74) is 0. The molecule has 2 amide bonds. The Labute approximate surface area is 104 Å². The van der Waals surface area contributed by atoms with Crippen LogP contribution in [0.5, 0.6) is 0 Å². The van der Waals surface area contributed by atoms with Gasteiger partial charge in [-0.3, -0.25) is 9.59 Å². The van der Waals surface area contributed by atoms with Gasteiger partial charge in [-0.2, -0.15) is 0 Å². The molecule has 2 N–H and O–H groups in total. The molecule has 0 bridgehead atoms. The standard InChI is InChI=1S/C11H16N2O5/c14-9(5-18-6-10(15)16)13-3-1-2-7-8(13)4-12-11(7)17/h7-8H,1-6H2,(H,12,17)(H,15,16). The van der Waals surface area contributed by atoms with E-state index in [0.717, 1.165) is 12.8 Å². The van der Waals surface area contributed by atoms with Crippen molar-refractivity contribution in [1.82, 2.24) is 10.2 Å². The SMILES string of the molecule is O=C(O)COCC(=O)N1CCCC2C(=O)NCC21. The number of nitrogens with one attached hydrogen (secondary N) is 1. The molecule has 2 fully saturated rings. The van der Waals surface area contributed by atoms with Crippen molar-refractivity contribution in [3.8, 4) is 0 Å². The van der Waals surface area contributed by atoms with Crippen LogP contribution in [0, 0.1) is 5.92 Å². The summed E-state index contributed by atoms with van der Waals surface area (Å²) in [4.78, 5) is 35.3. The highest BCUT2D eigenvalue weighted by Gasteiger charge is 2.42. The number of carbonyl (C=O) groups excluding carboxylic acids is 2. The zero-order chi connectivity index (χ0) is 13.1. The second-order valence-electron chi connectivity index (χ2n) is 4.53. The van der Waals surface area contributed by atoms with Gasteiger partial charge < -0.3 is 20.1 Å². The highest BCUT2D eigenvalue weighted by Crippen LogP contribution is 2.27. The van der Waals surface area contributed by atoms with Crippen molar-refractivity contribution in [2.45, 2.75) is 18.9 Å². The van der Waals surface area contributed by atoms with E-state index in [2.05, 4.69) is 5.32 Å². The number of ether oxygens (including phenoxy) is 1. The third kappa shape index (κ3) is 2.61. The molecule has 2 heterocycles. The third-order valence-corrected chi connectivity index (χ3v) is 3.37. The van der Waals surface area contributed by atoms with Crippen LogP contribution in [0.4, 0.5) is 0 Å². The fourth-order valence-corrected chi connectivity index (χ4v) is 2.57. The first-order valence-electron chi connectivity index (χ1n) is 5.96. The molecule has 2 aliphatic rings. The van der Waals surface area contributed by atoms with Gasteiger partial charge in [0.25, 0.3) is 0 Å². The predicted octanol–water partition coefficient (Wildman–Crippen LogP) is -1.18. The van der Waals surface area contributed by atoms with E-state index in [1.165, 1.54) is 0 Å². The second kappa shape index (κ2) is 5.34. The van der Waals surface area contributed by atoms with Crippen LogP contribution >= 0.6 is 0 Å². The number of likely N-dealkylation sites (tertiary alicyclic amines) is 1. The molecule has 0 aromatic rings. The van der Waals surface area contributed by atoms with Crippen LogP contribution < -0.4 is 5.32 Å². The molecule has 7 nitrogen and oxygen atoms in total. The molecular formula is C11H16N2O5. The molecule has 0 aliphatic carbocycles. The molecule has 0 spiro atoms. The van der Waals surface area contributed by atoms with Crippen molar-refractivity contribution in [2.24, 2.45) is 5.92 Å². The van der Waals surface area contributed by atoms with E-state index in [0.29, 0.717) is 13.1 Å². The fourth-order valence-electron chi connectivity index (χ4n) is 2.57. The van der Waals surface area contributed by atoms with Crippen LogP contribution in [0.2, 0.25) is 0 Å². The number of carbonyl (C=O) groups is 3. The van der Waals surface area contributed by atoms with Crippen molar-refractivity contribution >= 4 is 17.8 Å². The summed E-state index contributed by atoms with van der Waals surface area (Å²) >= 11 is 0. The number of rotatable bonds is 4. The smallest absolute Gasteiger partial charge is 0.329 e. The first-order chi connectivity index (χ1) is 8.59. The van der Waals surface area contributed by atoms with Gasteiger partial charge in [-0.25, -0.2) is 4.79 Å². The molecule has 0 aromatic heterocycles. The highest BCUT2D eigenvalue weighted by atomic mass is 16.5. The Balaban J connectivity index is 1.89. The molecule has 2 unspecified atom stereocenters. The summed E-state index contributed by atoms with van der Waals surface area (Å²) in [6.07, 6.45) is 1.59. The zero-order valence-corrected chi connectivity index (χ0v) is 9.92. The van der Waals surface area contributed by atoms with E-state index in [1.54, 1.807) is 4.90 Å². The number of hydrogen-bond donors (Lipinski definition) is 2. The van der Waals surface area contributed by atoms with Gasteiger partial charge in [-0.05, 0) is 12.8 Å². The number of hydrogen-bond acceptors (Lipinski definition) is 4. The first kappa shape index (κ1) is 12.8. The van der Waals surface area contributed by atoms with Crippen molar-refractivity contribution in [2.75, 3.05) is 26.3 Å². The monoisotopic (exact) mass is 256 g/mol. The number of aliphatic carboxylic acids is 1. The van der Waals surface area contributed by atoms with Gasteiger partial charge in [0.05, 0.1) is 12.0 Å². The van der Waals surface area contributed by atoms with Crippen molar-refractivity contribution in [3.05, 3.63) is 0 Å². The molecule has 2 saturated heterocycles. The first-order valence-corrected chi connectivity index (χ1v) is 5.96.